The van der Waals surface area contributed by atoms with E-state index in [2.05, 4.69) is 17.2 Å². The highest BCUT2D eigenvalue weighted by molar-refractivity contribution is 5.32. The Hall–Kier alpha value is -1.09. The standard InChI is InChI=1S/C15H26N2O/c1-4-5-6-7-8-9-18-15-10-13(2)17-12-14(15)11-16-3/h10,12,16H,4-9,11H2,1-3H3. The molecule has 3 nitrogen and oxygen atoms in total. The van der Waals surface area contributed by atoms with Crippen molar-refractivity contribution < 1.29 is 4.74 Å². The first-order valence-electron chi connectivity index (χ1n) is 7.00. The lowest BCUT2D eigenvalue weighted by molar-refractivity contribution is 0.300. The summed E-state index contributed by atoms with van der Waals surface area (Å²) < 4.78 is 5.87. The average molecular weight is 250 g/mol. The lowest BCUT2D eigenvalue weighted by Gasteiger charge is -2.11. The maximum atomic E-state index is 5.87. The Bertz CT molecular complexity index is 339. The van der Waals surface area contributed by atoms with Gasteiger partial charge in [-0.3, -0.25) is 4.98 Å². The second kappa shape index (κ2) is 8.92. The summed E-state index contributed by atoms with van der Waals surface area (Å²) in [6.07, 6.45) is 8.24. The Kier molecular flexibility index (Phi) is 7.42. The van der Waals surface area contributed by atoms with Crippen LogP contribution in [0.5, 0.6) is 5.75 Å². The molecule has 0 aliphatic heterocycles. The van der Waals surface area contributed by atoms with Crippen LogP contribution in [-0.2, 0) is 6.54 Å². The molecule has 0 bridgehead atoms. The molecule has 1 aromatic heterocycles. The van der Waals surface area contributed by atoms with Crippen LogP contribution < -0.4 is 10.1 Å². The third-order valence-electron chi connectivity index (χ3n) is 2.95. The quantitative estimate of drug-likeness (QED) is 0.682. The van der Waals surface area contributed by atoms with E-state index < -0.39 is 0 Å². The molecule has 3 heteroatoms. The van der Waals surface area contributed by atoms with E-state index in [1.807, 2.05) is 26.2 Å². The molecule has 0 aliphatic carbocycles. The average Bonchev–Trinajstić information content (AvgIpc) is 2.37. The van der Waals surface area contributed by atoms with Gasteiger partial charge in [-0.2, -0.15) is 0 Å². The number of unbranched alkanes of at least 4 members (excludes halogenated alkanes) is 4. The molecule has 1 rings (SSSR count). The van der Waals surface area contributed by atoms with Crippen molar-refractivity contribution in [3.63, 3.8) is 0 Å². The van der Waals surface area contributed by atoms with Crippen molar-refractivity contribution in [1.82, 2.24) is 10.3 Å². The number of hydrogen-bond donors (Lipinski definition) is 1. The van der Waals surface area contributed by atoms with E-state index >= 15 is 0 Å². The molecule has 1 N–H and O–H groups in total. The molecule has 1 heterocycles. The highest BCUT2D eigenvalue weighted by Crippen LogP contribution is 2.19. The normalized spacial score (nSPS) is 10.6. The van der Waals surface area contributed by atoms with Crippen LogP contribution in [0.25, 0.3) is 0 Å². The van der Waals surface area contributed by atoms with Crippen LogP contribution in [0.3, 0.4) is 0 Å². The Morgan fingerprint density at radius 2 is 2.00 bits per heavy atom. The second-order valence-electron chi connectivity index (χ2n) is 4.73. The Labute approximate surface area is 111 Å². The summed E-state index contributed by atoms with van der Waals surface area (Å²) in [6, 6.07) is 2.03. The molecule has 0 spiro atoms. The van der Waals surface area contributed by atoms with Gasteiger partial charge in [-0.1, -0.05) is 32.6 Å². The monoisotopic (exact) mass is 250 g/mol. The first-order chi connectivity index (χ1) is 8.77. The molecule has 0 amide bonds. The largest absolute Gasteiger partial charge is 0.493 e. The number of hydrogen-bond acceptors (Lipinski definition) is 3. The van der Waals surface area contributed by atoms with Crippen molar-refractivity contribution in [3.8, 4) is 5.75 Å². The zero-order valence-electron chi connectivity index (χ0n) is 12.0. The topological polar surface area (TPSA) is 34.1 Å². The molecule has 0 saturated carbocycles. The molecule has 0 atom stereocenters. The lowest BCUT2D eigenvalue weighted by Crippen LogP contribution is -2.09. The zero-order valence-corrected chi connectivity index (χ0v) is 12.0. The van der Waals surface area contributed by atoms with Crippen molar-refractivity contribution in [3.05, 3.63) is 23.5 Å². The van der Waals surface area contributed by atoms with Crippen molar-refractivity contribution >= 4 is 0 Å². The zero-order chi connectivity index (χ0) is 13.2. The van der Waals surface area contributed by atoms with Crippen LogP contribution in [0.2, 0.25) is 0 Å². The number of ether oxygens (including phenoxy) is 1. The van der Waals surface area contributed by atoms with Gasteiger partial charge in [0.25, 0.3) is 0 Å². The van der Waals surface area contributed by atoms with E-state index in [0.29, 0.717) is 0 Å². The molecule has 0 aliphatic rings. The van der Waals surface area contributed by atoms with E-state index in [-0.39, 0.29) is 0 Å². The molecule has 18 heavy (non-hydrogen) atoms. The summed E-state index contributed by atoms with van der Waals surface area (Å²) in [7, 11) is 1.94. The van der Waals surface area contributed by atoms with Gasteiger partial charge >= 0.3 is 0 Å². The number of pyridine rings is 1. The molecular formula is C15H26N2O. The van der Waals surface area contributed by atoms with Crippen LogP contribution in [0, 0.1) is 6.92 Å². The second-order valence-corrected chi connectivity index (χ2v) is 4.73. The number of nitrogens with zero attached hydrogens (tertiary/aromatic N) is 1. The number of nitrogens with one attached hydrogen (secondary N) is 1. The predicted molar refractivity (Wildman–Crippen MR) is 76.0 cm³/mol. The summed E-state index contributed by atoms with van der Waals surface area (Å²) in [5, 5.41) is 3.14. The van der Waals surface area contributed by atoms with Crippen molar-refractivity contribution in [2.45, 2.75) is 52.5 Å². The van der Waals surface area contributed by atoms with Crippen molar-refractivity contribution in [1.29, 1.82) is 0 Å². The fraction of sp³-hybridized carbons (Fsp3) is 0.667. The van der Waals surface area contributed by atoms with Crippen LogP contribution >= 0.6 is 0 Å². The van der Waals surface area contributed by atoms with Gasteiger partial charge in [-0.25, -0.2) is 0 Å². The minimum Gasteiger partial charge on any atom is -0.493 e. The summed E-state index contributed by atoms with van der Waals surface area (Å²) in [4.78, 5) is 4.31. The summed E-state index contributed by atoms with van der Waals surface area (Å²) in [5.41, 5.74) is 2.15. The van der Waals surface area contributed by atoms with Crippen LogP contribution in [0.15, 0.2) is 12.3 Å². The molecule has 0 saturated heterocycles. The Balaban J connectivity index is 2.37. The third-order valence-corrected chi connectivity index (χ3v) is 2.95. The molecule has 1 aromatic rings. The summed E-state index contributed by atoms with van der Waals surface area (Å²) in [5.74, 6) is 0.979. The van der Waals surface area contributed by atoms with Crippen LogP contribution in [0.1, 0.15) is 50.3 Å². The minimum absolute atomic E-state index is 0.804. The first-order valence-corrected chi connectivity index (χ1v) is 7.00. The predicted octanol–water partition coefficient (Wildman–Crippen LogP) is 3.46. The lowest BCUT2D eigenvalue weighted by atomic mass is 10.2. The summed E-state index contributed by atoms with van der Waals surface area (Å²) >= 11 is 0. The highest BCUT2D eigenvalue weighted by Gasteiger charge is 2.04. The van der Waals surface area contributed by atoms with Gasteiger partial charge in [0.2, 0.25) is 0 Å². The van der Waals surface area contributed by atoms with Gasteiger partial charge in [0.1, 0.15) is 5.75 Å². The Morgan fingerprint density at radius 3 is 2.72 bits per heavy atom. The van der Waals surface area contributed by atoms with Gasteiger partial charge in [-0.05, 0) is 20.4 Å². The minimum atomic E-state index is 0.804. The molecule has 0 fully saturated rings. The number of rotatable bonds is 9. The maximum Gasteiger partial charge on any atom is 0.127 e. The SMILES string of the molecule is CCCCCCCOc1cc(C)ncc1CNC. The van der Waals surface area contributed by atoms with Gasteiger partial charge in [-0.15, -0.1) is 0 Å². The summed E-state index contributed by atoms with van der Waals surface area (Å²) in [6.45, 7) is 5.85. The third kappa shape index (κ3) is 5.50. The van der Waals surface area contributed by atoms with Crippen molar-refractivity contribution in [2.24, 2.45) is 0 Å². The van der Waals surface area contributed by atoms with Gasteiger partial charge in [0, 0.05) is 30.1 Å². The fourth-order valence-electron chi connectivity index (χ4n) is 1.91. The van der Waals surface area contributed by atoms with E-state index in [1.165, 1.54) is 25.7 Å². The van der Waals surface area contributed by atoms with E-state index in [1.54, 1.807) is 0 Å². The molecule has 102 valence electrons. The van der Waals surface area contributed by atoms with Gasteiger partial charge < -0.3 is 10.1 Å². The van der Waals surface area contributed by atoms with Crippen LogP contribution in [0.4, 0.5) is 0 Å². The van der Waals surface area contributed by atoms with Crippen molar-refractivity contribution in [2.75, 3.05) is 13.7 Å². The maximum absolute atomic E-state index is 5.87. The van der Waals surface area contributed by atoms with E-state index in [4.69, 9.17) is 4.74 Å². The fourth-order valence-corrected chi connectivity index (χ4v) is 1.91. The molecule has 0 radical (unpaired) electrons. The smallest absolute Gasteiger partial charge is 0.127 e. The van der Waals surface area contributed by atoms with E-state index in [9.17, 15) is 0 Å². The molecule has 0 unspecified atom stereocenters. The highest BCUT2D eigenvalue weighted by atomic mass is 16.5. The first kappa shape index (κ1) is 15.0. The van der Waals surface area contributed by atoms with Gasteiger partial charge in [0.15, 0.2) is 0 Å². The van der Waals surface area contributed by atoms with Gasteiger partial charge in [0.05, 0.1) is 6.61 Å². The number of aromatic nitrogens is 1. The van der Waals surface area contributed by atoms with Crippen LogP contribution in [-0.4, -0.2) is 18.6 Å². The number of aryl methyl sites for hydroxylation is 1. The van der Waals surface area contributed by atoms with E-state index in [0.717, 1.165) is 36.6 Å². The molecular weight excluding hydrogens is 224 g/mol. The Morgan fingerprint density at radius 1 is 1.22 bits per heavy atom. The molecule has 0 aromatic carbocycles.